The molecule has 0 bridgehead atoms. The second kappa shape index (κ2) is 5.58. The molecular weight excluding hydrogens is 275 g/mol. The first-order chi connectivity index (χ1) is 10.2. The van der Waals surface area contributed by atoms with Crippen LogP contribution in [0.5, 0.6) is 5.88 Å². The Hall–Kier alpha value is -2.96. The van der Waals surface area contributed by atoms with E-state index in [4.69, 9.17) is 4.42 Å². The minimum Gasteiger partial charge on any atom is -0.493 e. The number of aromatic nitrogens is 3. The molecule has 0 saturated heterocycles. The zero-order valence-corrected chi connectivity index (χ0v) is 10.8. The molecule has 6 nitrogen and oxygen atoms in total. The number of halogens is 1. The second-order valence-corrected chi connectivity index (χ2v) is 4.24. The molecule has 21 heavy (non-hydrogen) atoms. The lowest BCUT2D eigenvalue weighted by atomic mass is 10.3. The maximum Gasteiger partial charge on any atom is 0.266 e. The Balaban J connectivity index is 1.69. The molecule has 3 aromatic rings. The van der Waals surface area contributed by atoms with Crippen LogP contribution >= 0.6 is 0 Å². The standard InChI is InChI=1S/C14H11FN4O2/c15-9-4-6-10(7-5-9)16-8-13-18-19-14(21-13)11-2-1-3-12(20)17-11/h1-7,16H,8H2,(H,17,20). The highest BCUT2D eigenvalue weighted by molar-refractivity contribution is 5.47. The number of aromatic hydroxyl groups is 1. The molecule has 7 heteroatoms. The molecule has 0 aliphatic heterocycles. The van der Waals surface area contributed by atoms with Gasteiger partial charge in [0.25, 0.3) is 5.89 Å². The monoisotopic (exact) mass is 286 g/mol. The van der Waals surface area contributed by atoms with Gasteiger partial charge < -0.3 is 14.8 Å². The number of benzene rings is 1. The molecule has 2 heterocycles. The van der Waals surface area contributed by atoms with Gasteiger partial charge in [-0.25, -0.2) is 9.37 Å². The molecule has 106 valence electrons. The van der Waals surface area contributed by atoms with Gasteiger partial charge in [-0.1, -0.05) is 6.07 Å². The lowest BCUT2D eigenvalue weighted by Gasteiger charge is -2.02. The molecule has 0 spiro atoms. The maximum absolute atomic E-state index is 12.8. The summed E-state index contributed by atoms with van der Waals surface area (Å²) in [4.78, 5) is 3.88. The van der Waals surface area contributed by atoms with Crippen molar-refractivity contribution in [3.05, 3.63) is 54.2 Å². The van der Waals surface area contributed by atoms with E-state index in [9.17, 15) is 9.50 Å². The number of nitrogens with zero attached hydrogens (tertiary/aromatic N) is 3. The van der Waals surface area contributed by atoms with E-state index in [1.807, 2.05) is 0 Å². The first-order valence-corrected chi connectivity index (χ1v) is 6.19. The predicted molar refractivity (Wildman–Crippen MR) is 72.9 cm³/mol. The van der Waals surface area contributed by atoms with E-state index in [1.54, 1.807) is 24.3 Å². The minimum absolute atomic E-state index is 0.114. The Labute approximate surface area is 119 Å². The van der Waals surface area contributed by atoms with Crippen LogP contribution in [0.2, 0.25) is 0 Å². The van der Waals surface area contributed by atoms with Crippen molar-refractivity contribution >= 4 is 5.69 Å². The summed E-state index contributed by atoms with van der Waals surface area (Å²) in [5.74, 6) is 0.175. The molecule has 2 N–H and O–H groups in total. The highest BCUT2D eigenvalue weighted by atomic mass is 19.1. The number of rotatable bonds is 4. The van der Waals surface area contributed by atoms with Gasteiger partial charge in [0.2, 0.25) is 11.8 Å². The van der Waals surface area contributed by atoms with E-state index in [1.165, 1.54) is 18.2 Å². The van der Waals surface area contributed by atoms with Crippen LogP contribution < -0.4 is 5.32 Å². The molecule has 0 aliphatic rings. The summed E-state index contributed by atoms with van der Waals surface area (Å²) >= 11 is 0. The molecule has 0 atom stereocenters. The largest absolute Gasteiger partial charge is 0.493 e. The van der Waals surface area contributed by atoms with E-state index < -0.39 is 0 Å². The molecule has 0 amide bonds. The molecular formula is C14H11FN4O2. The van der Waals surface area contributed by atoms with Crippen LogP contribution in [0.15, 0.2) is 46.9 Å². The normalized spacial score (nSPS) is 10.5. The fourth-order valence-corrected chi connectivity index (χ4v) is 1.72. The van der Waals surface area contributed by atoms with Crippen molar-refractivity contribution in [1.29, 1.82) is 0 Å². The minimum atomic E-state index is -0.296. The number of hydrogen-bond donors (Lipinski definition) is 2. The van der Waals surface area contributed by atoms with Crippen LogP contribution in [0.25, 0.3) is 11.6 Å². The first kappa shape index (κ1) is 13.0. The highest BCUT2D eigenvalue weighted by Gasteiger charge is 2.10. The van der Waals surface area contributed by atoms with Gasteiger partial charge in [-0.3, -0.25) is 0 Å². The topological polar surface area (TPSA) is 84.1 Å². The summed E-state index contributed by atoms with van der Waals surface area (Å²) in [6.45, 7) is 0.303. The second-order valence-electron chi connectivity index (χ2n) is 4.24. The third kappa shape index (κ3) is 3.14. The summed E-state index contributed by atoms with van der Waals surface area (Å²) in [6, 6.07) is 10.7. The SMILES string of the molecule is Oc1cccc(-c2nnc(CNc3ccc(F)cc3)o2)n1. The molecule has 0 fully saturated rings. The molecule has 0 saturated carbocycles. The van der Waals surface area contributed by atoms with Gasteiger partial charge >= 0.3 is 0 Å². The van der Waals surface area contributed by atoms with Gasteiger partial charge in [0.05, 0.1) is 6.54 Å². The highest BCUT2D eigenvalue weighted by Crippen LogP contribution is 2.18. The van der Waals surface area contributed by atoms with Crippen molar-refractivity contribution in [2.75, 3.05) is 5.32 Å². The Morgan fingerprint density at radius 1 is 1.10 bits per heavy atom. The van der Waals surface area contributed by atoms with Crippen LogP contribution in [0, 0.1) is 5.82 Å². The lowest BCUT2D eigenvalue weighted by Crippen LogP contribution is -1.99. The van der Waals surface area contributed by atoms with Crippen LogP contribution in [0.1, 0.15) is 5.89 Å². The Kier molecular flexibility index (Phi) is 3.46. The number of anilines is 1. The van der Waals surface area contributed by atoms with Crippen LogP contribution in [-0.2, 0) is 6.54 Å². The Morgan fingerprint density at radius 2 is 1.90 bits per heavy atom. The first-order valence-electron chi connectivity index (χ1n) is 6.19. The predicted octanol–water partition coefficient (Wildman–Crippen LogP) is 2.59. The molecule has 0 radical (unpaired) electrons. The number of pyridine rings is 1. The van der Waals surface area contributed by atoms with Crippen molar-refractivity contribution in [2.24, 2.45) is 0 Å². The van der Waals surface area contributed by atoms with E-state index in [2.05, 4.69) is 20.5 Å². The molecule has 2 aromatic heterocycles. The van der Waals surface area contributed by atoms with Crippen molar-refractivity contribution in [3.8, 4) is 17.5 Å². The lowest BCUT2D eigenvalue weighted by molar-refractivity contribution is 0.452. The van der Waals surface area contributed by atoms with Crippen molar-refractivity contribution in [1.82, 2.24) is 15.2 Å². The molecule has 1 aromatic carbocycles. The summed E-state index contributed by atoms with van der Waals surface area (Å²) < 4.78 is 18.2. The third-order valence-electron chi connectivity index (χ3n) is 2.71. The molecule has 0 unspecified atom stereocenters. The van der Waals surface area contributed by atoms with Crippen molar-refractivity contribution < 1.29 is 13.9 Å². The van der Waals surface area contributed by atoms with Crippen LogP contribution in [-0.4, -0.2) is 20.3 Å². The van der Waals surface area contributed by atoms with Crippen LogP contribution in [0.3, 0.4) is 0 Å². The van der Waals surface area contributed by atoms with Gasteiger partial charge in [-0.05, 0) is 30.3 Å². The van der Waals surface area contributed by atoms with E-state index in [-0.39, 0.29) is 17.6 Å². The van der Waals surface area contributed by atoms with Gasteiger partial charge in [0.15, 0.2) is 0 Å². The number of hydrogen-bond acceptors (Lipinski definition) is 6. The third-order valence-corrected chi connectivity index (χ3v) is 2.71. The molecule has 3 rings (SSSR count). The smallest absolute Gasteiger partial charge is 0.266 e. The summed E-state index contributed by atoms with van der Waals surface area (Å²) in [7, 11) is 0. The summed E-state index contributed by atoms with van der Waals surface area (Å²) in [5.41, 5.74) is 1.14. The van der Waals surface area contributed by atoms with Crippen molar-refractivity contribution in [2.45, 2.75) is 6.54 Å². The van der Waals surface area contributed by atoms with Crippen LogP contribution in [0.4, 0.5) is 10.1 Å². The number of nitrogens with one attached hydrogen (secondary N) is 1. The average Bonchev–Trinajstić information content (AvgIpc) is 2.96. The fraction of sp³-hybridized carbons (Fsp3) is 0.0714. The maximum atomic E-state index is 12.8. The zero-order valence-electron chi connectivity index (χ0n) is 10.8. The van der Waals surface area contributed by atoms with E-state index in [0.717, 1.165) is 5.69 Å². The van der Waals surface area contributed by atoms with Crippen molar-refractivity contribution in [3.63, 3.8) is 0 Å². The Bertz CT molecular complexity index is 743. The van der Waals surface area contributed by atoms with Gasteiger partial charge in [0, 0.05) is 11.8 Å². The summed E-state index contributed by atoms with van der Waals surface area (Å²) in [6.07, 6.45) is 0. The summed E-state index contributed by atoms with van der Waals surface area (Å²) in [5, 5.41) is 20.1. The molecule has 0 aliphatic carbocycles. The van der Waals surface area contributed by atoms with E-state index >= 15 is 0 Å². The van der Waals surface area contributed by atoms with E-state index in [0.29, 0.717) is 18.1 Å². The fourth-order valence-electron chi connectivity index (χ4n) is 1.72. The van der Waals surface area contributed by atoms with Gasteiger partial charge in [0.1, 0.15) is 11.5 Å². The van der Waals surface area contributed by atoms with Gasteiger partial charge in [-0.15, -0.1) is 10.2 Å². The average molecular weight is 286 g/mol. The van der Waals surface area contributed by atoms with Gasteiger partial charge in [-0.2, -0.15) is 0 Å². The Morgan fingerprint density at radius 3 is 2.67 bits per heavy atom. The quantitative estimate of drug-likeness (QED) is 0.767. The zero-order chi connectivity index (χ0) is 14.7.